The summed E-state index contributed by atoms with van der Waals surface area (Å²) in [6, 6.07) is 13.6. The van der Waals surface area contributed by atoms with E-state index >= 15 is 0 Å². The monoisotopic (exact) mass is 370 g/mol. The molecule has 2 rings (SSSR count). The number of ketones is 1. The van der Waals surface area contributed by atoms with E-state index in [-0.39, 0.29) is 30.8 Å². The van der Waals surface area contributed by atoms with E-state index in [2.05, 4.69) is 0 Å². The second-order valence-corrected chi connectivity index (χ2v) is 5.94. The van der Waals surface area contributed by atoms with Gasteiger partial charge in [-0.05, 0) is 36.2 Å². The van der Waals surface area contributed by atoms with Crippen LogP contribution in [0, 0.1) is 0 Å². The van der Waals surface area contributed by atoms with Gasteiger partial charge in [-0.25, -0.2) is 4.79 Å². The lowest BCUT2D eigenvalue weighted by atomic mass is 9.84. The summed E-state index contributed by atoms with van der Waals surface area (Å²) in [4.78, 5) is 35.7. The van der Waals surface area contributed by atoms with Gasteiger partial charge < -0.3 is 14.6 Å². The Morgan fingerprint density at radius 3 is 2.30 bits per heavy atom. The minimum Gasteiger partial charge on any atom is -0.497 e. The molecule has 1 N–H and O–H groups in total. The fraction of sp³-hybridized carbons (Fsp3) is 0.286. The number of aromatic carboxylic acids is 1. The van der Waals surface area contributed by atoms with Crippen molar-refractivity contribution < 1.29 is 29.0 Å². The lowest BCUT2D eigenvalue weighted by Crippen LogP contribution is -2.16. The van der Waals surface area contributed by atoms with Crippen LogP contribution < -0.4 is 4.74 Å². The largest absolute Gasteiger partial charge is 0.497 e. The molecule has 2 aromatic rings. The third-order valence-electron chi connectivity index (χ3n) is 4.16. The average molecular weight is 370 g/mol. The predicted octanol–water partition coefficient (Wildman–Crippen LogP) is 3.44. The van der Waals surface area contributed by atoms with Crippen LogP contribution in [-0.2, 0) is 14.3 Å². The third-order valence-corrected chi connectivity index (χ3v) is 4.16. The van der Waals surface area contributed by atoms with Gasteiger partial charge in [0.25, 0.3) is 0 Å². The van der Waals surface area contributed by atoms with E-state index < -0.39 is 17.9 Å². The first-order valence-electron chi connectivity index (χ1n) is 8.59. The van der Waals surface area contributed by atoms with Gasteiger partial charge in [-0.1, -0.05) is 30.3 Å². The summed E-state index contributed by atoms with van der Waals surface area (Å²) in [5.41, 5.74) is 1.41. The molecule has 0 saturated heterocycles. The molecule has 0 aliphatic rings. The maximum atomic E-state index is 12.4. The van der Waals surface area contributed by atoms with E-state index in [0.29, 0.717) is 11.3 Å². The van der Waals surface area contributed by atoms with Crippen molar-refractivity contribution in [2.45, 2.75) is 25.7 Å². The van der Waals surface area contributed by atoms with Crippen molar-refractivity contribution in [1.82, 2.24) is 0 Å². The normalized spacial score (nSPS) is 11.5. The molecule has 0 aliphatic carbocycles. The van der Waals surface area contributed by atoms with Gasteiger partial charge in [0, 0.05) is 12.3 Å². The first kappa shape index (κ1) is 20.2. The molecule has 2 aromatic carbocycles. The summed E-state index contributed by atoms with van der Waals surface area (Å²) < 4.78 is 9.98. The molecule has 6 heteroatoms. The lowest BCUT2D eigenvalue weighted by molar-refractivity contribution is -0.145. The minimum atomic E-state index is -1.07. The Labute approximate surface area is 157 Å². The fourth-order valence-corrected chi connectivity index (χ4v) is 2.91. The molecular weight excluding hydrogens is 348 g/mol. The summed E-state index contributed by atoms with van der Waals surface area (Å²) in [7, 11) is 1.55. The Morgan fingerprint density at radius 2 is 1.70 bits per heavy atom. The molecule has 0 bridgehead atoms. The van der Waals surface area contributed by atoms with Crippen LogP contribution >= 0.6 is 0 Å². The maximum absolute atomic E-state index is 12.4. The highest BCUT2D eigenvalue weighted by molar-refractivity contribution is 5.96. The molecule has 0 fully saturated rings. The number of hydrogen-bond donors (Lipinski definition) is 1. The van der Waals surface area contributed by atoms with Crippen molar-refractivity contribution in [1.29, 1.82) is 0 Å². The van der Waals surface area contributed by atoms with Gasteiger partial charge in [0.15, 0.2) is 0 Å². The highest BCUT2D eigenvalue weighted by Gasteiger charge is 2.24. The van der Waals surface area contributed by atoms with E-state index in [0.717, 1.165) is 5.56 Å². The molecule has 27 heavy (non-hydrogen) atoms. The average Bonchev–Trinajstić information content (AvgIpc) is 2.66. The number of carbonyl (C=O) groups is 3. The summed E-state index contributed by atoms with van der Waals surface area (Å²) in [6.07, 6.45) is -0.342. The first-order chi connectivity index (χ1) is 13.0. The third kappa shape index (κ3) is 5.41. The summed E-state index contributed by atoms with van der Waals surface area (Å²) >= 11 is 0. The van der Waals surface area contributed by atoms with Gasteiger partial charge in [-0.15, -0.1) is 0 Å². The molecule has 0 saturated carbocycles. The highest BCUT2D eigenvalue weighted by atomic mass is 16.5. The summed E-state index contributed by atoms with van der Waals surface area (Å²) in [6.45, 7) is 1.88. The van der Waals surface area contributed by atoms with E-state index in [1.807, 2.05) is 0 Å². The maximum Gasteiger partial charge on any atom is 0.335 e. The van der Waals surface area contributed by atoms with E-state index in [1.165, 1.54) is 6.07 Å². The molecule has 142 valence electrons. The van der Waals surface area contributed by atoms with Gasteiger partial charge in [0.2, 0.25) is 0 Å². The van der Waals surface area contributed by atoms with E-state index in [4.69, 9.17) is 9.47 Å². The van der Waals surface area contributed by atoms with Crippen molar-refractivity contribution in [3.05, 3.63) is 65.2 Å². The van der Waals surface area contributed by atoms with Gasteiger partial charge in [-0.2, -0.15) is 0 Å². The zero-order chi connectivity index (χ0) is 19.8. The summed E-state index contributed by atoms with van der Waals surface area (Å²) in [5, 5.41) is 9.51. The molecule has 6 nitrogen and oxygen atoms in total. The predicted molar refractivity (Wildman–Crippen MR) is 99.1 cm³/mol. The van der Waals surface area contributed by atoms with Gasteiger partial charge in [-0.3, -0.25) is 9.59 Å². The molecule has 0 amide bonds. The first-order valence-corrected chi connectivity index (χ1v) is 8.59. The molecule has 0 radical (unpaired) electrons. The Hall–Kier alpha value is -3.15. The van der Waals surface area contributed by atoms with Crippen LogP contribution in [0.15, 0.2) is 48.5 Å². The van der Waals surface area contributed by atoms with Crippen molar-refractivity contribution in [3.63, 3.8) is 0 Å². The molecule has 0 heterocycles. The second kappa shape index (κ2) is 9.52. The number of methoxy groups -OCH3 is 1. The number of rotatable bonds is 9. The standard InChI is InChI=1S/C21H22O6/c1-3-27-20(23)13-15(22)12-19(14-8-10-16(26-2)11-9-14)17-6-4-5-7-18(17)21(24)25/h4-11,19H,3,12-13H2,1-2H3,(H,24,25). The smallest absolute Gasteiger partial charge is 0.335 e. The molecule has 0 spiro atoms. The fourth-order valence-electron chi connectivity index (χ4n) is 2.91. The second-order valence-electron chi connectivity index (χ2n) is 5.94. The number of esters is 1. The Bertz CT molecular complexity index is 810. The van der Waals surface area contributed by atoms with Crippen molar-refractivity contribution in [2.75, 3.05) is 13.7 Å². The van der Waals surface area contributed by atoms with Crippen LogP contribution in [0.1, 0.15) is 47.2 Å². The van der Waals surface area contributed by atoms with Gasteiger partial charge >= 0.3 is 11.9 Å². The number of Topliss-reactive ketones (excluding diaryl/α,β-unsaturated/α-hetero) is 1. The summed E-state index contributed by atoms with van der Waals surface area (Å²) in [5.74, 6) is -1.80. The van der Waals surface area contributed by atoms with Crippen LogP contribution in [-0.4, -0.2) is 36.5 Å². The van der Waals surface area contributed by atoms with Crippen molar-refractivity contribution in [2.24, 2.45) is 0 Å². The van der Waals surface area contributed by atoms with Gasteiger partial charge in [0.05, 0.1) is 19.3 Å². The number of ether oxygens (including phenoxy) is 2. The van der Waals surface area contributed by atoms with Crippen LogP contribution in [0.25, 0.3) is 0 Å². The van der Waals surface area contributed by atoms with Crippen molar-refractivity contribution >= 4 is 17.7 Å². The SMILES string of the molecule is CCOC(=O)CC(=O)CC(c1ccc(OC)cc1)c1ccccc1C(=O)O. The quantitative estimate of drug-likeness (QED) is 0.537. The minimum absolute atomic E-state index is 0.00453. The molecule has 0 aromatic heterocycles. The van der Waals surface area contributed by atoms with Gasteiger partial charge in [0.1, 0.15) is 18.0 Å². The topological polar surface area (TPSA) is 89.9 Å². The van der Waals surface area contributed by atoms with Crippen LogP contribution in [0.3, 0.4) is 0 Å². The molecule has 1 atom stereocenters. The number of carboxylic acids is 1. The van der Waals surface area contributed by atoms with Crippen LogP contribution in [0.2, 0.25) is 0 Å². The molecule has 1 unspecified atom stereocenters. The number of hydrogen-bond acceptors (Lipinski definition) is 5. The number of carbonyl (C=O) groups excluding carboxylic acids is 2. The Kier molecular flexibility index (Phi) is 7.11. The Morgan fingerprint density at radius 1 is 1.04 bits per heavy atom. The number of carboxylic acid groups (broad SMARTS) is 1. The zero-order valence-corrected chi connectivity index (χ0v) is 15.3. The van der Waals surface area contributed by atoms with Crippen molar-refractivity contribution in [3.8, 4) is 5.75 Å². The molecule has 0 aliphatic heterocycles. The highest BCUT2D eigenvalue weighted by Crippen LogP contribution is 2.32. The van der Waals surface area contributed by atoms with Crippen LogP contribution in [0.4, 0.5) is 0 Å². The zero-order valence-electron chi connectivity index (χ0n) is 15.3. The number of benzene rings is 2. The van der Waals surface area contributed by atoms with E-state index in [1.54, 1.807) is 56.5 Å². The van der Waals surface area contributed by atoms with Crippen LogP contribution in [0.5, 0.6) is 5.75 Å². The Balaban J connectivity index is 2.38. The molecular formula is C21H22O6. The lowest BCUT2D eigenvalue weighted by Gasteiger charge is -2.19. The van der Waals surface area contributed by atoms with E-state index in [9.17, 15) is 19.5 Å².